The summed E-state index contributed by atoms with van der Waals surface area (Å²) in [6.07, 6.45) is 0. The highest BCUT2D eigenvalue weighted by Gasteiger charge is 2.20. The van der Waals surface area contributed by atoms with Gasteiger partial charge in [0.05, 0.1) is 12.0 Å². The lowest BCUT2D eigenvalue weighted by atomic mass is 10.3. The van der Waals surface area contributed by atoms with Gasteiger partial charge in [0.2, 0.25) is 5.76 Å². The lowest BCUT2D eigenvalue weighted by molar-refractivity contribution is 0.0694. The van der Waals surface area contributed by atoms with Crippen LogP contribution in [0.2, 0.25) is 0 Å². The molecule has 0 aliphatic heterocycles. The summed E-state index contributed by atoms with van der Waals surface area (Å²) in [4.78, 5) is 12.4. The molecule has 0 amide bonds. The van der Waals surface area contributed by atoms with E-state index in [0.717, 1.165) is 0 Å². The van der Waals surface area contributed by atoms with E-state index in [1.807, 2.05) is 0 Å². The minimum atomic E-state index is -3.56. The van der Waals surface area contributed by atoms with Crippen molar-refractivity contribution < 1.29 is 27.1 Å². The number of furan rings is 1. The minimum Gasteiger partial charge on any atom is -0.493 e. The van der Waals surface area contributed by atoms with E-state index in [9.17, 15) is 13.2 Å². The quantitative estimate of drug-likeness (QED) is 0.487. The van der Waals surface area contributed by atoms with Crippen molar-refractivity contribution in [2.24, 2.45) is 0 Å². The maximum Gasteiger partial charge on any atom is 0.379 e. The van der Waals surface area contributed by atoms with Gasteiger partial charge in [-0.05, 0) is 36.4 Å². The summed E-state index contributed by atoms with van der Waals surface area (Å²) in [6, 6.07) is 17.6. The average molecular weight is 372 g/mol. The molecular weight excluding hydrogens is 356 g/mol. The van der Waals surface area contributed by atoms with Crippen molar-refractivity contribution in [1.29, 1.82) is 0 Å². The first-order chi connectivity index (χ1) is 12.5. The summed E-state index contributed by atoms with van der Waals surface area (Å²) in [5, 5.41) is 0. The SMILES string of the molecule is COc1ccccc1OC(=O)c1ccc(CS(=O)(=O)c2ccccc2)o1. The van der Waals surface area contributed by atoms with Crippen molar-refractivity contribution in [3.63, 3.8) is 0 Å². The molecule has 1 aromatic heterocycles. The molecule has 1 heterocycles. The van der Waals surface area contributed by atoms with Crippen LogP contribution in [-0.2, 0) is 15.6 Å². The first kappa shape index (κ1) is 17.8. The van der Waals surface area contributed by atoms with Crippen molar-refractivity contribution in [3.05, 3.63) is 78.3 Å². The predicted molar refractivity (Wildman–Crippen MR) is 94.0 cm³/mol. The number of methoxy groups -OCH3 is 1. The van der Waals surface area contributed by atoms with Gasteiger partial charge in [-0.25, -0.2) is 13.2 Å². The van der Waals surface area contributed by atoms with Crippen LogP contribution in [0.3, 0.4) is 0 Å². The molecule has 0 saturated heterocycles. The van der Waals surface area contributed by atoms with Gasteiger partial charge in [0, 0.05) is 0 Å². The molecule has 0 atom stereocenters. The van der Waals surface area contributed by atoms with Crippen LogP contribution in [0.25, 0.3) is 0 Å². The second-order valence-corrected chi connectivity index (χ2v) is 7.37. The van der Waals surface area contributed by atoms with E-state index in [0.29, 0.717) is 5.75 Å². The number of esters is 1. The van der Waals surface area contributed by atoms with Gasteiger partial charge in [0.15, 0.2) is 21.3 Å². The van der Waals surface area contributed by atoms with Crippen molar-refractivity contribution >= 4 is 15.8 Å². The Morgan fingerprint density at radius 1 is 0.923 bits per heavy atom. The summed E-state index contributed by atoms with van der Waals surface area (Å²) < 4.78 is 40.4. The normalized spacial score (nSPS) is 11.1. The second kappa shape index (κ2) is 7.45. The number of para-hydroxylation sites is 2. The van der Waals surface area contributed by atoms with Crippen molar-refractivity contribution in [2.75, 3.05) is 7.11 Å². The highest BCUT2D eigenvalue weighted by atomic mass is 32.2. The van der Waals surface area contributed by atoms with Gasteiger partial charge in [0.25, 0.3) is 0 Å². The van der Waals surface area contributed by atoms with E-state index in [4.69, 9.17) is 13.9 Å². The molecular formula is C19H16O6S. The van der Waals surface area contributed by atoms with E-state index in [1.165, 1.54) is 31.4 Å². The molecule has 3 rings (SSSR count). The van der Waals surface area contributed by atoms with Crippen LogP contribution in [0.1, 0.15) is 16.3 Å². The molecule has 0 aliphatic rings. The Hall–Kier alpha value is -3.06. The number of rotatable bonds is 6. The number of hydrogen-bond acceptors (Lipinski definition) is 6. The first-order valence-electron chi connectivity index (χ1n) is 7.71. The molecule has 0 saturated carbocycles. The third-order valence-electron chi connectivity index (χ3n) is 3.57. The zero-order valence-corrected chi connectivity index (χ0v) is 14.7. The summed E-state index contributed by atoms with van der Waals surface area (Å²) in [6.45, 7) is 0. The molecule has 0 spiro atoms. The summed E-state index contributed by atoms with van der Waals surface area (Å²) in [5.41, 5.74) is 0. The Morgan fingerprint density at radius 2 is 1.58 bits per heavy atom. The number of carbonyl (C=O) groups is 1. The maximum absolute atomic E-state index is 12.4. The van der Waals surface area contributed by atoms with Crippen LogP contribution in [0, 0.1) is 0 Å². The third kappa shape index (κ3) is 3.94. The van der Waals surface area contributed by atoms with Gasteiger partial charge in [-0.15, -0.1) is 0 Å². The van der Waals surface area contributed by atoms with E-state index in [-0.39, 0.29) is 27.9 Å². The van der Waals surface area contributed by atoms with E-state index >= 15 is 0 Å². The molecule has 7 heteroatoms. The lowest BCUT2D eigenvalue weighted by Crippen LogP contribution is -2.08. The van der Waals surface area contributed by atoms with Crippen LogP contribution >= 0.6 is 0 Å². The monoisotopic (exact) mass is 372 g/mol. The van der Waals surface area contributed by atoms with Crippen molar-refractivity contribution in [1.82, 2.24) is 0 Å². The zero-order valence-electron chi connectivity index (χ0n) is 13.9. The van der Waals surface area contributed by atoms with Gasteiger partial charge >= 0.3 is 5.97 Å². The summed E-state index contributed by atoms with van der Waals surface area (Å²) in [7, 11) is -2.10. The lowest BCUT2D eigenvalue weighted by Gasteiger charge is -2.07. The summed E-state index contributed by atoms with van der Waals surface area (Å²) in [5.74, 6) is -0.374. The maximum atomic E-state index is 12.4. The smallest absolute Gasteiger partial charge is 0.379 e. The largest absolute Gasteiger partial charge is 0.493 e. The third-order valence-corrected chi connectivity index (χ3v) is 5.22. The van der Waals surface area contributed by atoms with Crippen LogP contribution in [0.5, 0.6) is 11.5 Å². The van der Waals surface area contributed by atoms with Crippen molar-refractivity contribution in [2.45, 2.75) is 10.6 Å². The molecule has 6 nitrogen and oxygen atoms in total. The highest BCUT2D eigenvalue weighted by molar-refractivity contribution is 7.90. The fourth-order valence-corrected chi connectivity index (χ4v) is 3.59. The van der Waals surface area contributed by atoms with Crippen molar-refractivity contribution in [3.8, 4) is 11.5 Å². The molecule has 2 aromatic carbocycles. The molecule has 0 N–H and O–H groups in total. The number of benzene rings is 2. The first-order valence-corrected chi connectivity index (χ1v) is 9.36. The fourth-order valence-electron chi connectivity index (χ4n) is 2.32. The average Bonchev–Trinajstić information content (AvgIpc) is 3.11. The molecule has 0 unspecified atom stereocenters. The standard InChI is InChI=1S/C19H16O6S/c1-23-16-9-5-6-10-17(16)25-19(20)18-12-11-14(24-18)13-26(21,22)15-7-3-2-4-8-15/h2-12H,13H2,1H3. The topological polar surface area (TPSA) is 82.8 Å². The zero-order chi connectivity index (χ0) is 18.6. The predicted octanol–water partition coefficient (Wildman–Crippen LogP) is 3.48. The van der Waals surface area contributed by atoms with Crippen LogP contribution in [-0.4, -0.2) is 21.5 Å². The van der Waals surface area contributed by atoms with Crippen LogP contribution < -0.4 is 9.47 Å². The van der Waals surface area contributed by atoms with Crippen LogP contribution in [0.4, 0.5) is 0 Å². The van der Waals surface area contributed by atoms with E-state index in [2.05, 4.69) is 0 Å². The molecule has 0 bridgehead atoms. The van der Waals surface area contributed by atoms with Gasteiger partial charge in [-0.3, -0.25) is 0 Å². The molecule has 134 valence electrons. The molecule has 3 aromatic rings. The molecule has 0 aliphatic carbocycles. The van der Waals surface area contributed by atoms with Gasteiger partial charge in [-0.2, -0.15) is 0 Å². The van der Waals surface area contributed by atoms with Gasteiger partial charge in [0.1, 0.15) is 11.5 Å². The van der Waals surface area contributed by atoms with Crippen LogP contribution in [0.15, 0.2) is 76.0 Å². The number of ether oxygens (including phenoxy) is 2. The number of sulfone groups is 1. The Kier molecular flexibility index (Phi) is 5.09. The Bertz CT molecular complexity index is 1010. The van der Waals surface area contributed by atoms with Gasteiger partial charge < -0.3 is 13.9 Å². The second-order valence-electron chi connectivity index (χ2n) is 5.38. The Morgan fingerprint density at radius 3 is 2.27 bits per heavy atom. The van der Waals surface area contributed by atoms with E-state index in [1.54, 1.807) is 42.5 Å². The Balaban J connectivity index is 1.74. The number of hydrogen-bond donors (Lipinski definition) is 0. The Labute approximate surface area is 150 Å². The number of carbonyl (C=O) groups excluding carboxylic acids is 1. The highest BCUT2D eigenvalue weighted by Crippen LogP contribution is 2.27. The summed E-state index contributed by atoms with van der Waals surface area (Å²) >= 11 is 0. The van der Waals surface area contributed by atoms with E-state index < -0.39 is 15.8 Å². The minimum absolute atomic E-state index is 0.0887. The molecule has 0 fully saturated rings. The van der Waals surface area contributed by atoms with Gasteiger partial charge in [-0.1, -0.05) is 30.3 Å². The fraction of sp³-hybridized carbons (Fsp3) is 0.105. The molecule has 26 heavy (non-hydrogen) atoms. The molecule has 0 radical (unpaired) electrons.